The summed E-state index contributed by atoms with van der Waals surface area (Å²) in [6.07, 6.45) is -3.69. The Morgan fingerprint density at radius 2 is 1.91 bits per heavy atom. The summed E-state index contributed by atoms with van der Waals surface area (Å²) in [5.41, 5.74) is -1.81. The molecule has 1 aliphatic carbocycles. The van der Waals surface area contributed by atoms with Gasteiger partial charge in [0.15, 0.2) is 5.60 Å². The van der Waals surface area contributed by atoms with Gasteiger partial charge < -0.3 is 10.4 Å². The van der Waals surface area contributed by atoms with E-state index < -0.39 is 29.7 Å². The Morgan fingerprint density at radius 1 is 1.19 bits per heavy atom. The number of hydrogen-bond donors (Lipinski definition) is 2. The molecule has 4 nitrogen and oxygen atoms in total. The Bertz CT molecular complexity index is 1200. The van der Waals surface area contributed by atoms with Gasteiger partial charge in [0, 0.05) is 21.7 Å². The summed E-state index contributed by atoms with van der Waals surface area (Å²) in [6, 6.07) is 6.86. The largest absolute Gasteiger partial charge is 0.419 e. The molecule has 1 heterocycles. The zero-order chi connectivity index (χ0) is 23.5. The van der Waals surface area contributed by atoms with E-state index in [1.807, 2.05) is 13.8 Å². The van der Waals surface area contributed by atoms with Crippen LogP contribution in [0, 0.1) is 6.92 Å². The number of nitrogens with one attached hydrogen (secondary N) is 1. The highest BCUT2D eigenvalue weighted by Gasteiger charge is 2.61. The fourth-order valence-electron chi connectivity index (χ4n) is 4.45. The summed E-state index contributed by atoms with van der Waals surface area (Å²) in [6.45, 7) is 5.43. The molecule has 0 bridgehead atoms. The Labute approximate surface area is 197 Å². The molecule has 2 N–H and O–H groups in total. The van der Waals surface area contributed by atoms with E-state index in [4.69, 9.17) is 11.6 Å². The predicted molar refractivity (Wildman–Crippen MR) is 123 cm³/mol. The molecule has 170 valence electrons. The average molecular weight is 529 g/mol. The molecular formula is C23H22BrClF3N3O. The van der Waals surface area contributed by atoms with Crippen LogP contribution in [-0.2, 0) is 5.41 Å². The molecule has 2 aromatic carbocycles. The number of aryl methyl sites for hydroxylation is 1. The van der Waals surface area contributed by atoms with Gasteiger partial charge in [-0.1, -0.05) is 37.6 Å². The van der Waals surface area contributed by atoms with Crippen LogP contribution in [0.3, 0.4) is 0 Å². The average Bonchev–Trinajstić information content (AvgIpc) is 2.79. The molecule has 1 aliphatic rings. The summed E-state index contributed by atoms with van der Waals surface area (Å²) < 4.78 is 43.8. The summed E-state index contributed by atoms with van der Waals surface area (Å²) in [5, 5.41) is 15.1. The zero-order valence-electron chi connectivity index (χ0n) is 17.7. The van der Waals surface area contributed by atoms with E-state index in [1.165, 1.54) is 0 Å². The Hall–Kier alpha value is -1.90. The van der Waals surface area contributed by atoms with E-state index in [1.54, 1.807) is 43.5 Å². The second-order valence-corrected chi connectivity index (χ2v) is 10.1. The van der Waals surface area contributed by atoms with E-state index in [0.29, 0.717) is 43.0 Å². The van der Waals surface area contributed by atoms with Crippen LogP contribution < -0.4 is 5.32 Å². The minimum atomic E-state index is -4.88. The number of aliphatic hydroxyl groups is 1. The number of anilines is 1. The molecule has 2 atom stereocenters. The van der Waals surface area contributed by atoms with Gasteiger partial charge in [0.1, 0.15) is 5.82 Å². The molecular weight excluding hydrogens is 507 g/mol. The molecule has 2 unspecified atom stereocenters. The first-order valence-corrected chi connectivity index (χ1v) is 11.3. The van der Waals surface area contributed by atoms with Gasteiger partial charge in [0.25, 0.3) is 0 Å². The van der Waals surface area contributed by atoms with E-state index in [2.05, 4.69) is 31.2 Å². The number of alkyl halides is 3. The van der Waals surface area contributed by atoms with Crippen molar-refractivity contribution in [2.45, 2.75) is 56.8 Å². The standard InChI is InChI=1S/C23H22BrClF3N3O/c1-12-29-11-14-16(30-12)5-4-6-17(14)31-20-13-7-8-15(24)19(25)18(13)21(2,3)9-10-22(20,32)23(26,27)28/h4-8,11,20,31-32H,9-10H2,1-3H3. The molecule has 9 heteroatoms. The summed E-state index contributed by atoms with van der Waals surface area (Å²) in [4.78, 5) is 8.56. The number of fused-ring (bicyclic) bond motifs is 2. The molecule has 4 rings (SSSR count). The van der Waals surface area contributed by atoms with E-state index in [0.717, 1.165) is 0 Å². The van der Waals surface area contributed by atoms with Crippen molar-refractivity contribution in [3.05, 3.63) is 63.0 Å². The summed E-state index contributed by atoms with van der Waals surface area (Å²) in [7, 11) is 0. The molecule has 32 heavy (non-hydrogen) atoms. The number of hydrogen-bond acceptors (Lipinski definition) is 4. The number of aromatic nitrogens is 2. The maximum Gasteiger partial charge on any atom is 0.419 e. The van der Waals surface area contributed by atoms with Gasteiger partial charge in [0.2, 0.25) is 0 Å². The Balaban J connectivity index is 1.97. The third-order valence-corrected chi connectivity index (χ3v) is 7.54. The van der Waals surface area contributed by atoms with Crippen molar-refractivity contribution in [2.75, 3.05) is 5.32 Å². The molecule has 0 amide bonds. The van der Waals surface area contributed by atoms with Crippen LogP contribution in [0.1, 0.15) is 49.7 Å². The lowest BCUT2D eigenvalue weighted by molar-refractivity contribution is -0.269. The first kappa shape index (κ1) is 23.3. The van der Waals surface area contributed by atoms with Gasteiger partial charge in [-0.2, -0.15) is 13.2 Å². The third-order valence-electron chi connectivity index (χ3n) is 6.26. The first-order valence-electron chi connectivity index (χ1n) is 10.1. The number of nitrogens with zero attached hydrogens (tertiary/aromatic N) is 2. The first-order chi connectivity index (χ1) is 14.8. The fourth-order valence-corrected chi connectivity index (χ4v) is 5.21. The van der Waals surface area contributed by atoms with Gasteiger partial charge in [-0.3, -0.25) is 0 Å². The third kappa shape index (κ3) is 3.76. The van der Waals surface area contributed by atoms with Crippen LogP contribution in [0.2, 0.25) is 5.02 Å². The molecule has 0 saturated heterocycles. The minimum Gasteiger partial charge on any atom is -0.379 e. The van der Waals surface area contributed by atoms with Crippen LogP contribution >= 0.6 is 27.5 Å². The second kappa shape index (κ2) is 7.85. The SMILES string of the molecule is Cc1ncc2c(NC3c4ccc(Br)c(Cl)c4C(C)(C)CCC3(O)C(F)(F)F)cccc2n1. The van der Waals surface area contributed by atoms with Gasteiger partial charge >= 0.3 is 6.18 Å². The predicted octanol–water partition coefficient (Wildman–Crippen LogP) is 6.87. The van der Waals surface area contributed by atoms with Crippen LogP contribution in [0.25, 0.3) is 10.9 Å². The maximum atomic E-state index is 14.4. The summed E-state index contributed by atoms with van der Waals surface area (Å²) in [5.74, 6) is 0.555. The van der Waals surface area contributed by atoms with E-state index in [-0.39, 0.29) is 6.42 Å². The molecule has 0 spiro atoms. The quantitative estimate of drug-likeness (QED) is 0.356. The monoisotopic (exact) mass is 527 g/mol. The van der Waals surface area contributed by atoms with Gasteiger partial charge in [-0.25, -0.2) is 9.97 Å². The highest BCUT2D eigenvalue weighted by atomic mass is 79.9. The lowest BCUT2D eigenvalue weighted by Gasteiger charge is -2.38. The molecule has 0 radical (unpaired) electrons. The zero-order valence-corrected chi connectivity index (χ0v) is 20.0. The highest BCUT2D eigenvalue weighted by Crippen LogP contribution is 2.54. The van der Waals surface area contributed by atoms with Crippen molar-refractivity contribution in [2.24, 2.45) is 0 Å². The molecule has 0 saturated carbocycles. The molecule has 1 aromatic heterocycles. The lowest BCUT2D eigenvalue weighted by atomic mass is 9.79. The maximum absolute atomic E-state index is 14.4. The molecule has 3 aromatic rings. The van der Waals surface area contributed by atoms with E-state index >= 15 is 0 Å². The topological polar surface area (TPSA) is 58.0 Å². The van der Waals surface area contributed by atoms with Crippen LogP contribution in [0.5, 0.6) is 0 Å². The number of halogens is 5. The second-order valence-electron chi connectivity index (χ2n) is 8.86. The van der Waals surface area contributed by atoms with Crippen molar-refractivity contribution in [3.8, 4) is 0 Å². The van der Waals surface area contributed by atoms with Crippen LogP contribution in [0.4, 0.5) is 18.9 Å². The Morgan fingerprint density at radius 3 is 2.59 bits per heavy atom. The van der Waals surface area contributed by atoms with Crippen molar-refractivity contribution in [1.29, 1.82) is 0 Å². The van der Waals surface area contributed by atoms with Crippen molar-refractivity contribution < 1.29 is 18.3 Å². The number of rotatable bonds is 2. The smallest absolute Gasteiger partial charge is 0.379 e. The van der Waals surface area contributed by atoms with Crippen molar-refractivity contribution in [1.82, 2.24) is 9.97 Å². The molecule has 0 fully saturated rings. The number of benzene rings is 2. The lowest BCUT2D eigenvalue weighted by Crippen LogP contribution is -2.52. The van der Waals surface area contributed by atoms with E-state index in [9.17, 15) is 18.3 Å². The normalized spacial score (nSPS) is 23.0. The summed E-state index contributed by atoms with van der Waals surface area (Å²) >= 11 is 9.99. The van der Waals surface area contributed by atoms with Gasteiger partial charge in [-0.05, 0) is 70.4 Å². The van der Waals surface area contributed by atoms with Crippen molar-refractivity contribution >= 4 is 44.1 Å². The van der Waals surface area contributed by atoms with Gasteiger partial charge in [0.05, 0.1) is 16.6 Å². The van der Waals surface area contributed by atoms with Crippen LogP contribution in [-0.4, -0.2) is 26.9 Å². The molecule has 0 aliphatic heterocycles. The van der Waals surface area contributed by atoms with Gasteiger partial charge in [-0.15, -0.1) is 0 Å². The van der Waals surface area contributed by atoms with Crippen LogP contribution in [0.15, 0.2) is 41.0 Å². The fraction of sp³-hybridized carbons (Fsp3) is 0.391. The highest BCUT2D eigenvalue weighted by molar-refractivity contribution is 9.10. The Kier molecular flexibility index (Phi) is 5.71. The minimum absolute atomic E-state index is 0.0994. The van der Waals surface area contributed by atoms with Crippen molar-refractivity contribution in [3.63, 3.8) is 0 Å².